The first kappa shape index (κ1) is 19.4. The topological polar surface area (TPSA) is 107 Å². The minimum atomic E-state index is -1.72. The van der Waals surface area contributed by atoms with Crippen LogP contribution < -0.4 is 0 Å². The molecule has 1 aliphatic rings. The van der Waals surface area contributed by atoms with E-state index >= 15 is 0 Å². The third kappa shape index (κ3) is 2.58. The summed E-state index contributed by atoms with van der Waals surface area (Å²) in [6, 6.07) is 22.2. The van der Waals surface area contributed by atoms with Gasteiger partial charge in [-0.15, -0.1) is 0 Å². The molecule has 6 rings (SSSR count). The summed E-state index contributed by atoms with van der Waals surface area (Å²) in [6.45, 7) is 0. The highest BCUT2D eigenvalue weighted by molar-refractivity contribution is 6.29. The minimum absolute atomic E-state index is 0.574. The maximum absolute atomic E-state index is 11.6. The van der Waals surface area contributed by atoms with Gasteiger partial charge in [0.05, 0.1) is 0 Å². The molecule has 32 heavy (non-hydrogen) atoms. The fraction of sp³-hybridized carbons (Fsp3) is 0.192. The highest BCUT2D eigenvalue weighted by Crippen LogP contribution is 2.43. The first-order chi connectivity index (χ1) is 15.5. The Labute approximate surface area is 182 Å². The van der Waals surface area contributed by atoms with Crippen LogP contribution in [-0.2, 0) is 9.53 Å². The molecule has 1 unspecified atom stereocenters. The average Bonchev–Trinajstić information content (AvgIpc) is 2.80. The SMILES string of the molecule is O=C(O)[C@H]1OC(c2ccc3ccc4cc5ccccc5c5ccc2c3c45)[C@H](O)[C@@H](O)[C@@H]1O. The molecular weight excluding hydrogens is 408 g/mol. The lowest BCUT2D eigenvalue weighted by atomic mass is 9.85. The predicted molar refractivity (Wildman–Crippen MR) is 121 cm³/mol. The third-order valence-corrected chi connectivity index (χ3v) is 6.70. The lowest BCUT2D eigenvalue weighted by molar-refractivity contribution is -0.229. The van der Waals surface area contributed by atoms with Crippen LogP contribution in [-0.4, -0.2) is 50.8 Å². The van der Waals surface area contributed by atoms with E-state index in [4.69, 9.17) is 4.74 Å². The standard InChI is InChI=1S/C26H20O6/c27-21-22(28)24(32-25(23(21)29)26(30)31)18-8-7-12-5-6-14-11-13-3-1-2-4-15(13)16-9-10-17(18)19(12)20(14)16/h1-11,21-25,27-29H,(H,30,31)/t21-,22-,23+,24?,25+/m1/s1. The largest absolute Gasteiger partial charge is 0.479 e. The molecule has 1 saturated heterocycles. The average molecular weight is 428 g/mol. The fourth-order valence-corrected chi connectivity index (χ4v) is 5.17. The van der Waals surface area contributed by atoms with Crippen molar-refractivity contribution in [2.24, 2.45) is 0 Å². The Morgan fingerprint density at radius 1 is 0.688 bits per heavy atom. The van der Waals surface area contributed by atoms with Gasteiger partial charge >= 0.3 is 5.97 Å². The summed E-state index contributed by atoms with van der Waals surface area (Å²) in [5.41, 5.74) is 0.574. The van der Waals surface area contributed by atoms with Gasteiger partial charge < -0.3 is 25.2 Å². The minimum Gasteiger partial charge on any atom is -0.479 e. The molecule has 0 radical (unpaired) electrons. The summed E-state index contributed by atoms with van der Waals surface area (Å²) in [7, 11) is 0. The van der Waals surface area contributed by atoms with E-state index < -0.39 is 36.5 Å². The molecule has 6 heteroatoms. The number of benzene rings is 5. The molecule has 4 N–H and O–H groups in total. The molecule has 5 atom stereocenters. The Hall–Kier alpha value is -3.29. The number of aliphatic hydroxyl groups is 3. The van der Waals surface area contributed by atoms with Crippen LogP contribution >= 0.6 is 0 Å². The smallest absolute Gasteiger partial charge is 0.335 e. The van der Waals surface area contributed by atoms with Crippen LogP contribution in [0.2, 0.25) is 0 Å². The van der Waals surface area contributed by atoms with Crippen molar-refractivity contribution in [3.8, 4) is 0 Å². The number of carboxylic acid groups (broad SMARTS) is 1. The van der Waals surface area contributed by atoms with Gasteiger partial charge in [-0.2, -0.15) is 0 Å². The van der Waals surface area contributed by atoms with Crippen molar-refractivity contribution in [1.82, 2.24) is 0 Å². The highest BCUT2D eigenvalue weighted by Gasteiger charge is 2.47. The summed E-state index contributed by atoms with van der Waals surface area (Å²) in [5.74, 6) is -1.39. The monoisotopic (exact) mass is 428 g/mol. The quantitative estimate of drug-likeness (QED) is 0.254. The number of ether oxygens (including phenoxy) is 1. The number of fused-ring (bicyclic) bond motifs is 2. The van der Waals surface area contributed by atoms with Gasteiger partial charge in [-0.3, -0.25) is 0 Å². The zero-order chi connectivity index (χ0) is 22.1. The Balaban J connectivity index is 1.64. The van der Waals surface area contributed by atoms with Crippen LogP contribution in [0.3, 0.4) is 0 Å². The van der Waals surface area contributed by atoms with Crippen molar-refractivity contribution in [2.75, 3.05) is 0 Å². The van der Waals surface area contributed by atoms with Gasteiger partial charge in [-0.25, -0.2) is 4.79 Å². The molecule has 0 aromatic heterocycles. The fourth-order valence-electron chi connectivity index (χ4n) is 5.17. The second kappa shape index (κ2) is 6.85. The van der Waals surface area contributed by atoms with Crippen LogP contribution in [0.1, 0.15) is 11.7 Å². The molecule has 5 aromatic carbocycles. The van der Waals surface area contributed by atoms with Crippen molar-refractivity contribution in [1.29, 1.82) is 0 Å². The first-order valence-electron chi connectivity index (χ1n) is 10.5. The van der Waals surface area contributed by atoms with E-state index in [0.717, 1.165) is 43.1 Å². The van der Waals surface area contributed by atoms with E-state index in [1.807, 2.05) is 36.4 Å². The van der Waals surface area contributed by atoms with Crippen molar-refractivity contribution in [2.45, 2.75) is 30.5 Å². The molecule has 5 aromatic rings. The Bertz CT molecular complexity index is 1510. The Morgan fingerprint density at radius 3 is 2.19 bits per heavy atom. The highest BCUT2D eigenvalue weighted by atomic mass is 16.6. The van der Waals surface area contributed by atoms with Crippen molar-refractivity contribution in [3.63, 3.8) is 0 Å². The zero-order valence-corrected chi connectivity index (χ0v) is 16.8. The summed E-state index contributed by atoms with van der Waals surface area (Å²) in [6.07, 6.45) is -7.57. The molecule has 1 aliphatic heterocycles. The zero-order valence-electron chi connectivity index (χ0n) is 16.8. The van der Waals surface area contributed by atoms with Gasteiger partial charge in [0, 0.05) is 0 Å². The molecular formula is C26H20O6. The van der Waals surface area contributed by atoms with Gasteiger partial charge in [-0.1, -0.05) is 60.7 Å². The van der Waals surface area contributed by atoms with E-state index in [2.05, 4.69) is 24.3 Å². The second-order valence-corrected chi connectivity index (χ2v) is 8.46. The molecule has 0 spiro atoms. The van der Waals surface area contributed by atoms with Crippen molar-refractivity contribution < 1.29 is 30.0 Å². The second-order valence-electron chi connectivity index (χ2n) is 8.46. The van der Waals surface area contributed by atoms with Gasteiger partial charge in [0.2, 0.25) is 0 Å². The number of hydrogen-bond acceptors (Lipinski definition) is 5. The van der Waals surface area contributed by atoms with E-state index in [1.165, 1.54) is 0 Å². The Kier molecular flexibility index (Phi) is 4.15. The van der Waals surface area contributed by atoms with E-state index in [1.54, 1.807) is 6.07 Å². The first-order valence-corrected chi connectivity index (χ1v) is 10.5. The molecule has 160 valence electrons. The van der Waals surface area contributed by atoms with Crippen LogP contribution in [0.25, 0.3) is 43.1 Å². The van der Waals surface area contributed by atoms with E-state index in [-0.39, 0.29) is 0 Å². The summed E-state index contributed by atoms with van der Waals surface area (Å²) < 4.78 is 5.63. The molecule has 0 amide bonds. The van der Waals surface area contributed by atoms with Crippen LogP contribution in [0.5, 0.6) is 0 Å². The number of rotatable bonds is 2. The van der Waals surface area contributed by atoms with Crippen molar-refractivity contribution >= 4 is 49.1 Å². The number of carbonyl (C=O) groups is 1. The van der Waals surface area contributed by atoms with Crippen molar-refractivity contribution in [3.05, 3.63) is 72.3 Å². The van der Waals surface area contributed by atoms with Crippen LogP contribution in [0, 0.1) is 0 Å². The summed E-state index contributed by atoms with van der Waals surface area (Å²) in [4.78, 5) is 11.6. The normalized spacial score (nSPS) is 26.4. The lowest BCUT2D eigenvalue weighted by Crippen LogP contribution is -2.56. The van der Waals surface area contributed by atoms with Gasteiger partial charge in [0.25, 0.3) is 0 Å². The molecule has 1 fully saturated rings. The maximum Gasteiger partial charge on any atom is 0.335 e. The number of aliphatic carboxylic acids is 1. The van der Waals surface area contributed by atoms with Gasteiger partial charge in [0.15, 0.2) is 6.10 Å². The maximum atomic E-state index is 11.6. The number of aliphatic hydroxyl groups excluding tert-OH is 3. The lowest BCUT2D eigenvalue weighted by Gasteiger charge is -2.39. The predicted octanol–water partition coefficient (Wildman–Crippen LogP) is 3.34. The van der Waals surface area contributed by atoms with E-state index in [0.29, 0.717) is 5.56 Å². The summed E-state index contributed by atoms with van der Waals surface area (Å²) >= 11 is 0. The third-order valence-electron chi connectivity index (χ3n) is 6.70. The molecule has 0 aliphatic carbocycles. The molecule has 0 bridgehead atoms. The number of hydrogen-bond donors (Lipinski definition) is 4. The Morgan fingerprint density at radius 2 is 1.38 bits per heavy atom. The van der Waals surface area contributed by atoms with Gasteiger partial charge in [0.1, 0.15) is 24.4 Å². The van der Waals surface area contributed by atoms with Crippen LogP contribution in [0.15, 0.2) is 66.7 Å². The molecule has 6 nitrogen and oxygen atoms in total. The molecule has 1 heterocycles. The number of carboxylic acids is 1. The van der Waals surface area contributed by atoms with Gasteiger partial charge in [-0.05, 0) is 54.7 Å². The van der Waals surface area contributed by atoms with E-state index in [9.17, 15) is 25.2 Å². The van der Waals surface area contributed by atoms with Crippen LogP contribution in [0.4, 0.5) is 0 Å². The summed E-state index contributed by atoms with van der Waals surface area (Å²) in [5, 5.41) is 48.9. The molecule has 0 saturated carbocycles.